The van der Waals surface area contributed by atoms with Crippen LogP contribution in [0, 0.1) is 0 Å². The number of hydrogen-bond acceptors (Lipinski definition) is 7. The molecule has 0 spiro atoms. The van der Waals surface area contributed by atoms with Crippen molar-refractivity contribution in [3.8, 4) is 22.6 Å². The average molecular weight is 445 g/mol. The van der Waals surface area contributed by atoms with Gasteiger partial charge in [-0.25, -0.2) is 0 Å². The minimum atomic E-state index is -0.664. The van der Waals surface area contributed by atoms with Crippen molar-refractivity contribution < 1.29 is 19.0 Å². The number of nitrogens with two attached hydrogens (primary N) is 1. The smallest absolute Gasteiger partial charge is 0.323 e. The van der Waals surface area contributed by atoms with Crippen LogP contribution in [0.4, 0.5) is 0 Å². The van der Waals surface area contributed by atoms with Gasteiger partial charge >= 0.3 is 5.97 Å². The van der Waals surface area contributed by atoms with E-state index < -0.39 is 6.04 Å². The molecule has 7 heteroatoms. The number of methoxy groups -OCH3 is 2. The zero-order valence-electron chi connectivity index (χ0n) is 18.6. The lowest BCUT2D eigenvalue weighted by Gasteiger charge is -2.26. The third kappa shape index (κ3) is 6.15. The standard InChI is InChI=1S/C24H32N2O4S/c1-4-30-24(27)20(25)13-17-5-7-19(8-6-17)23-21(28-2)14-18(15-22(23)29-3)16-26-9-11-31-12-10-26/h5-8,14-15,20H,4,9-13,16,25H2,1-3H3/t20-/m0/s1. The summed E-state index contributed by atoms with van der Waals surface area (Å²) in [4.78, 5) is 14.3. The van der Waals surface area contributed by atoms with E-state index in [-0.39, 0.29) is 5.97 Å². The van der Waals surface area contributed by atoms with E-state index in [1.165, 1.54) is 17.1 Å². The number of ether oxygens (including phenoxy) is 3. The molecule has 1 aliphatic heterocycles. The van der Waals surface area contributed by atoms with Crippen LogP contribution in [0.2, 0.25) is 0 Å². The van der Waals surface area contributed by atoms with E-state index >= 15 is 0 Å². The van der Waals surface area contributed by atoms with E-state index in [1.807, 2.05) is 36.0 Å². The topological polar surface area (TPSA) is 74.0 Å². The van der Waals surface area contributed by atoms with Crippen molar-refractivity contribution in [2.24, 2.45) is 5.73 Å². The Kier molecular flexibility index (Phi) is 8.63. The van der Waals surface area contributed by atoms with E-state index in [2.05, 4.69) is 17.0 Å². The highest BCUT2D eigenvalue weighted by Gasteiger charge is 2.19. The first-order valence-corrected chi connectivity index (χ1v) is 11.8. The Morgan fingerprint density at radius 2 is 1.68 bits per heavy atom. The molecule has 0 amide bonds. The molecule has 0 aromatic heterocycles. The first kappa shape index (κ1) is 23.4. The summed E-state index contributed by atoms with van der Waals surface area (Å²) >= 11 is 2.01. The highest BCUT2D eigenvalue weighted by atomic mass is 32.2. The first-order valence-electron chi connectivity index (χ1n) is 10.6. The van der Waals surface area contributed by atoms with E-state index in [0.717, 1.165) is 47.8 Å². The number of thioether (sulfide) groups is 1. The van der Waals surface area contributed by atoms with Gasteiger partial charge in [-0.1, -0.05) is 24.3 Å². The molecule has 0 bridgehead atoms. The molecule has 6 nitrogen and oxygen atoms in total. The van der Waals surface area contributed by atoms with Crippen LogP contribution in [-0.4, -0.2) is 62.3 Å². The molecule has 3 rings (SSSR count). The molecule has 2 aromatic carbocycles. The maximum atomic E-state index is 11.8. The van der Waals surface area contributed by atoms with Crippen LogP contribution >= 0.6 is 11.8 Å². The molecule has 0 saturated carbocycles. The van der Waals surface area contributed by atoms with Crippen LogP contribution in [0.5, 0.6) is 11.5 Å². The van der Waals surface area contributed by atoms with Crippen LogP contribution in [0.1, 0.15) is 18.1 Å². The predicted octanol–water partition coefficient (Wildman–Crippen LogP) is 3.35. The lowest BCUT2D eigenvalue weighted by atomic mass is 9.98. The molecule has 1 fully saturated rings. The lowest BCUT2D eigenvalue weighted by molar-refractivity contribution is -0.144. The molecule has 1 atom stereocenters. The van der Waals surface area contributed by atoms with Gasteiger partial charge in [0, 0.05) is 31.1 Å². The Hall–Kier alpha value is -2.22. The molecule has 2 N–H and O–H groups in total. The molecule has 31 heavy (non-hydrogen) atoms. The summed E-state index contributed by atoms with van der Waals surface area (Å²) in [6.07, 6.45) is 0.431. The second kappa shape index (κ2) is 11.4. The molecular weight excluding hydrogens is 412 g/mol. The molecular formula is C24H32N2O4S. The molecule has 0 unspecified atom stereocenters. The van der Waals surface area contributed by atoms with Crippen LogP contribution in [0.25, 0.3) is 11.1 Å². The quantitative estimate of drug-likeness (QED) is 0.595. The largest absolute Gasteiger partial charge is 0.496 e. The summed E-state index contributed by atoms with van der Waals surface area (Å²) in [7, 11) is 3.37. The number of rotatable bonds is 9. The van der Waals surface area contributed by atoms with Gasteiger partial charge in [-0.2, -0.15) is 11.8 Å². The normalized spacial score (nSPS) is 15.4. The van der Waals surface area contributed by atoms with Gasteiger partial charge in [0.15, 0.2) is 0 Å². The fraction of sp³-hybridized carbons (Fsp3) is 0.458. The monoisotopic (exact) mass is 444 g/mol. The third-order valence-electron chi connectivity index (χ3n) is 5.36. The lowest BCUT2D eigenvalue weighted by Crippen LogP contribution is -2.34. The number of carbonyl (C=O) groups is 1. The Balaban J connectivity index is 1.81. The second-order valence-electron chi connectivity index (χ2n) is 7.52. The minimum absolute atomic E-state index is 0.331. The second-order valence-corrected chi connectivity index (χ2v) is 8.75. The summed E-state index contributed by atoms with van der Waals surface area (Å²) < 4.78 is 16.5. The Morgan fingerprint density at radius 3 is 2.23 bits per heavy atom. The molecule has 2 aromatic rings. The number of benzene rings is 2. The Bertz CT molecular complexity index is 841. The summed E-state index contributed by atoms with van der Waals surface area (Å²) in [6.45, 7) is 5.20. The number of nitrogens with zero attached hydrogens (tertiary/aromatic N) is 1. The summed E-state index contributed by atoms with van der Waals surface area (Å²) in [5, 5.41) is 0. The highest BCUT2D eigenvalue weighted by Crippen LogP contribution is 2.40. The number of carbonyl (C=O) groups excluding carboxylic acids is 1. The van der Waals surface area contributed by atoms with Crippen LogP contribution in [0.3, 0.4) is 0 Å². The van der Waals surface area contributed by atoms with Gasteiger partial charge in [0.25, 0.3) is 0 Å². The Labute approximate surface area is 189 Å². The molecule has 0 radical (unpaired) electrons. The van der Waals surface area contributed by atoms with E-state index in [1.54, 1.807) is 21.1 Å². The van der Waals surface area contributed by atoms with Crippen molar-refractivity contribution in [2.75, 3.05) is 45.4 Å². The SMILES string of the molecule is CCOC(=O)[C@@H](N)Cc1ccc(-c2c(OC)cc(CN3CCSCC3)cc2OC)cc1. The maximum absolute atomic E-state index is 11.8. The van der Waals surface area contributed by atoms with Crippen LogP contribution in [0.15, 0.2) is 36.4 Å². The van der Waals surface area contributed by atoms with Gasteiger partial charge in [0.05, 0.1) is 26.4 Å². The Morgan fingerprint density at radius 1 is 1.06 bits per heavy atom. The van der Waals surface area contributed by atoms with Crippen molar-refractivity contribution in [3.05, 3.63) is 47.5 Å². The summed E-state index contributed by atoms with van der Waals surface area (Å²) in [6, 6.07) is 11.5. The maximum Gasteiger partial charge on any atom is 0.323 e. The fourth-order valence-corrected chi connectivity index (χ4v) is 4.73. The van der Waals surface area contributed by atoms with Crippen molar-refractivity contribution in [1.82, 2.24) is 4.90 Å². The zero-order chi connectivity index (χ0) is 22.2. The molecule has 1 aliphatic rings. The predicted molar refractivity (Wildman–Crippen MR) is 126 cm³/mol. The molecule has 168 valence electrons. The molecule has 0 aliphatic carbocycles. The van der Waals surface area contributed by atoms with E-state index in [4.69, 9.17) is 19.9 Å². The van der Waals surface area contributed by atoms with Gasteiger partial charge in [0.2, 0.25) is 0 Å². The van der Waals surface area contributed by atoms with Gasteiger partial charge in [-0.3, -0.25) is 9.69 Å². The number of esters is 1. The minimum Gasteiger partial charge on any atom is -0.496 e. The van der Waals surface area contributed by atoms with Gasteiger partial charge in [-0.15, -0.1) is 0 Å². The van der Waals surface area contributed by atoms with E-state index in [0.29, 0.717) is 13.0 Å². The van der Waals surface area contributed by atoms with Gasteiger partial charge in [0.1, 0.15) is 17.5 Å². The van der Waals surface area contributed by atoms with Crippen LogP contribution < -0.4 is 15.2 Å². The van der Waals surface area contributed by atoms with Crippen molar-refractivity contribution in [1.29, 1.82) is 0 Å². The summed E-state index contributed by atoms with van der Waals surface area (Å²) in [5.74, 6) is 3.56. The van der Waals surface area contributed by atoms with Gasteiger partial charge in [-0.05, 0) is 42.2 Å². The first-order chi connectivity index (χ1) is 15.0. The summed E-state index contributed by atoms with van der Waals surface area (Å²) in [5.41, 5.74) is 10.0. The number of hydrogen-bond donors (Lipinski definition) is 1. The average Bonchev–Trinajstić information content (AvgIpc) is 2.80. The van der Waals surface area contributed by atoms with Crippen molar-refractivity contribution >= 4 is 17.7 Å². The van der Waals surface area contributed by atoms with Crippen molar-refractivity contribution in [3.63, 3.8) is 0 Å². The van der Waals surface area contributed by atoms with Gasteiger partial charge < -0.3 is 19.9 Å². The van der Waals surface area contributed by atoms with Crippen LogP contribution in [-0.2, 0) is 22.5 Å². The fourth-order valence-electron chi connectivity index (χ4n) is 3.75. The van der Waals surface area contributed by atoms with E-state index in [9.17, 15) is 4.79 Å². The molecule has 1 saturated heterocycles. The third-order valence-corrected chi connectivity index (χ3v) is 6.31. The molecule has 1 heterocycles. The van der Waals surface area contributed by atoms with Crippen molar-refractivity contribution in [2.45, 2.75) is 25.9 Å². The zero-order valence-corrected chi connectivity index (χ0v) is 19.4. The highest BCUT2D eigenvalue weighted by molar-refractivity contribution is 7.99.